The zero-order valence-corrected chi connectivity index (χ0v) is 12.2. The van der Waals surface area contributed by atoms with Gasteiger partial charge in [0.1, 0.15) is 5.01 Å². The Bertz CT molecular complexity index is 515. The molecule has 1 heterocycles. The Kier molecular flexibility index (Phi) is 3.53. The number of hydrogen-bond acceptors (Lipinski definition) is 4. The van der Waals surface area contributed by atoms with Gasteiger partial charge in [0.25, 0.3) is 0 Å². The highest BCUT2D eigenvalue weighted by atomic mass is 32.1. The summed E-state index contributed by atoms with van der Waals surface area (Å²) in [7, 11) is 4.13. The molecule has 3 nitrogen and oxygen atoms in total. The first-order valence-corrected chi connectivity index (χ1v) is 7.55. The smallest absolute Gasteiger partial charge is 0.114 e. The Balaban J connectivity index is 1.86. The van der Waals surface area contributed by atoms with E-state index in [1.807, 2.05) is 11.6 Å². The number of nitrogens with zero attached hydrogens (tertiary/aromatic N) is 2. The SMILES string of the molecule is CN(C)c1ccc(C(NC2CC2)c2nccs2)cc1. The van der Waals surface area contributed by atoms with Crippen LogP contribution in [0, 0.1) is 0 Å². The molecule has 3 rings (SSSR count). The van der Waals surface area contributed by atoms with E-state index in [4.69, 9.17) is 0 Å². The quantitative estimate of drug-likeness (QED) is 0.907. The van der Waals surface area contributed by atoms with Gasteiger partial charge in [0.05, 0.1) is 6.04 Å². The molecule has 0 amide bonds. The van der Waals surface area contributed by atoms with Crippen molar-refractivity contribution in [3.63, 3.8) is 0 Å². The van der Waals surface area contributed by atoms with Gasteiger partial charge in [-0.1, -0.05) is 12.1 Å². The minimum atomic E-state index is 0.240. The normalized spacial score (nSPS) is 16.3. The van der Waals surface area contributed by atoms with E-state index in [0.29, 0.717) is 6.04 Å². The highest BCUT2D eigenvalue weighted by Crippen LogP contribution is 2.30. The predicted octanol–water partition coefficient (Wildman–Crippen LogP) is 3.05. The molecule has 1 fully saturated rings. The number of thiazole rings is 1. The highest BCUT2D eigenvalue weighted by Gasteiger charge is 2.27. The van der Waals surface area contributed by atoms with Crippen LogP contribution in [0.3, 0.4) is 0 Å². The molecule has 0 aliphatic heterocycles. The molecular weight excluding hydrogens is 254 g/mol. The van der Waals surface area contributed by atoms with Gasteiger partial charge in [-0.15, -0.1) is 11.3 Å². The second-order valence-corrected chi connectivity index (χ2v) is 6.16. The molecule has 2 aromatic rings. The van der Waals surface area contributed by atoms with Gasteiger partial charge in [-0.2, -0.15) is 0 Å². The van der Waals surface area contributed by atoms with Gasteiger partial charge in [-0.05, 0) is 30.5 Å². The summed E-state index contributed by atoms with van der Waals surface area (Å²) >= 11 is 1.72. The molecular formula is C15H19N3S. The Morgan fingerprint density at radius 1 is 1.26 bits per heavy atom. The molecule has 1 aromatic heterocycles. The van der Waals surface area contributed by atoms with Gasteiger partial charge in [-0.3, -0.25) is 0 Å². The van der Waals surface area contributed by atoms with Crippen LogP contribution in [0.1, 0.15) is 29.5 Å². The maximum absolute atomic E-state index is 4.48. The average molecular weight is 273 g/mol. The Morgan fingerprint density at radius 2 is 2.00 bits per heavy atom. The van der Waals surface area contributed by atoms with Gasteiger partial charge in [-0.25, -0.2) is 4.98 Å². The molecule has 1 aromatic carbocycles. The maximum Gasteiger partial charge on any atom is 0.114 e. The molecule has 19 heavy (non-hydrogen) atoms. The molecule has 0 saturated heterocycles. The van der Waals surface area contributed by atoms with Crippen molar-refractivity contribution in [2.24, 2.45) is 0 Å². The number of aromatic nitrogens is 1. The third-order valence-electron chi connectivity index (χ3n) is 3.42. The minimum absolute atomic E-state index is 0.240. The van der Waals surface area contributed by atoms with Crippen molar-refractivity contribution >= 4 is 17.0 Å². The second-order valence-electron chi connectivity index (χ2n) is 5.23. The topological polar surface area (TPSA) is 28.2 Å². The van der Waals surface area contributed by atoms with Crippen molar-refractivity contribution in [3.05, 3.63) is 46.4 Å². The Labute approximate surface area is 118 Å². The average Bonchev–Trinajstić information content (AvgIpc) is 3.08. The lowest BCUT2D eigenvalue weighted by Gasteiger charge is -2.18. The van der Waals surface area contributed by atoms with Crippen molar-refractivity contribution in [1.29, 1.82) is 0 Å². The number of nitrogens with one attached hydrogen (secondary N) is 1. The summed E-state index contributed by atoms with van der Waals surface area (Å²) in [6.45, 7) is 0. The first-order chi connectivity index (χ1) is 9.24. The molecule has 0 bridgehead atoms. The number of hydrogen-bond donors (Lipinski definition) is 1. The van der Waals surface area contributed by atoms with Crippen LogP contribution in [-0.2, 0) is 0 Å². The largest absolute Gasteiger partial charge is 0.378 e. The zero-order valence-electron chi connectivity index (χ0n) is 11.3. The molecule has 100 valence electrons. The monoisotopic (exact) mass is 273 g/mol. The van der Waals surface area contributed by atoms with Crippen LogP contribution in [0.4, 0.5) is 5.69 Å². The first kappa shape index (κ1) is 12.6. The van der Waals surface area contributed by atoms with Gasteiger partial charge in [0, 0.05) is 37.4 Å². The van der Waals surface area contributed by atoms with Crippen LogP contribution >= 0.6 is 11.3 Å². The highest BCUT2D eigenvalue weighted by molar-refractivity contribution is 7.09. The van der Waals surface area contributed by atoms with Crippen molar-refractivity contribution < 1.29 is 0 Å². The molecule has 1 aliphatic rings. The fourth-order valence-corrected chi connectivity index (χ4v) is 2.86. The molecule has 1 aliphatic carbocycles. The molecule has 0 spiro atoms. The zero-order chi connectivity index (χ0) is 13.2. The van der Waals surface area contributed by atoms with Crippen LogP contribution in [-0.4, -0.2) is 25.1 Å². The van der Waals surface area contributed by atoms with Crippen LogP contribution in [0.2, 0.25) is 0 Å². The summed E-state index contributed by atoms with van der Waals surface area (Å²) in [6.07, 6.45) is 4.46. The summed E-state index contributed by atoms with van der Waals surface area (Å²) in [5.41, 5.74) is 2.53. The van der Waals surface area contributed by atoms with Crippen molar-refractivity contribution in [1.82, 2.24) is 10.3 Å². The van der Waals surface area contributed by atoms with Crippen LogP contribution in [0.25, 0.3) is 0 Å². The molecule has 1 saturated carbocycles. The lowest BCUT2D eigenvalue weighted by molar-refractivity contribution is 0.598. The van der Waals surface area contributed by atoms with Crippen molar-refractivity contribution in [2.75, 3.05) is 19.0 Å². The van der Waals surface area contributed by atoms with Gasteiger partial charge in [0.15, 0.2) is 0 Å². The van der Waals surface area contributed by atoms with Crippen molar-refractivity contribution in [2.45, 2.75) is 24.9 Å². The van der Waals surface area contributed by atoms with E-state index in [2.05, 4.69) is 53.6 Å². The molecule has 1 unspecified atom stereocenters. The summed E-state index contributed by atoms with van der Waals surface area (Å²) in [5.74, 6) is 0. The number of benzene rings is 1. The van der Waals surface area contributed by atoms with E-state index in [-0.39, 0.29) is 6.04 Å². The molecule has 4 heteroatoms. The van der Waals surface area contributed by atoms with Gasteiger partial charge < -0.3 is 10.2 Å². The molecule has 1 atom stereocenters. The lowest BCUT2D eigenvalue weighted by Crippen LogP contribution is -2.24. The van der Waals surface area contributed by atoms with Crippen LogP contribution in [0.15, 0.2) is 35.8 Å². The van der Waals surface area contributed by atoms with E-state index in [0.717, 1.165) is 5.01 Å². The lowest BCUT2D eigenvalue weighted by atomic mass is 10.1. The van der Waals surface area contributed by atoms with E-state index < -0.39 is 0 Å². The predicted molar refractivity (Wildman–Crippen MR) is 80.9 cm³/mol. The van der Waals surface area contributed by atoms with E-state index in [9.17, 15) is 0 Å². The summed E-state index contributed by atoms with van der Waals surface area (Å²) in [4.78, 5) is 6.60. The number of rotatable bonds is 5. The van der Waals surface area contributed by atoms with Crippen LogP contribution in [0.5, 0.6) is 0 Å². The fraction of sp³-hybridized carbons (Fsp3) is 0.400. The van der Waals surface area contributed by atoms with E-state index in [1.54, 1.807) is 11.3 Å². The van der Waals surface area contributed by atoms with Gasteiger partial charge in [0.2, 0.25) is 0 Å². The van der Waals surface area contributed by atoms with Crippen molar-refractivity contribution in [3.8, 4) is 0 Å². The first-order valence-electron chi connectivity index (χ1n) is 6.67. The van der Waals surface area contributed by atoms with E-state index in [1.165, 1.54) is 24.1 Å². The Hall–Kier alpha value is -1.39. The maximum atomic E-state index is 4.48. The minimum Gasteiger partial charge on any atom is -0.378 e. The van der Waals surface area contributed by atoms with E-state index >= 15 is 0 Å². The second kappa shape index (κ2) is 5.31. The molecule has 0 radical (unpaired) electrons. The number of anilines is 1. The third kappa shape index (κ3) is 2.96. The summed E-state index contributed by atoms with van der Waals surface area (Å²) < 4.78 is 0. The summed E-state index contributed by atoms with van der Waals surface area (Å²) in [6, 6.07) is 9.66. The fourth-order valence-electron chi connectivity index (χ4n) is 2.14. The Morgan fingerprint density at radius 3 is 2.53 bits per heavy atom. The van der Waals surface area contributed by atoms with Crippen LogP contribution < -0.4 is 10.2 Å². The standard InChI is InChI=1S/C15H19N3S/c1-18(2)13-7-3-11(4-8-13)14(17-12-5-6-12)15-16-9-10-19-15/h3-4,7-10,12,14,17H,5-6H2,1-2H3. The molecule has 1 N–H and O–H groups in total. The summed E-state index contributed by atoms with van der Waals surface area (Å²) in [5, 5.41) is 6.90. The third-order valence-corrected chi connectivity index (χ3v) is 4.26. The van der Waals surface area contributed by atoms with Gasteiger partial charge >= 0.3 is 0 Å².